The standard InChI is InChI=1S/C20H27FN4O2/c1-5-23-19(25-14-20(2,3)26-4)24-12-15-8-9-18(17(21)11-15)27-16-7-6-10-22-13-16/h6-11,13H,5,12,14H2,1-4H3,(H2,23,24,25). The summed E-state index contributed by atoms with van der Waals surface area (Å²) < 4.78 is 25.2. The lowest BCUT2D eigenvalue weighted by atomic mass is 10.1. The second-order valence-electron chi connectivity index (χ2n) is 6.57. The Balaban J connectivity index is 2.02. The number of nitrogens with zero attached hydrogens (tertiary/aromatic N) is 2. The van der Waals surface area contributed by atoms with Gasteiger partial charge in [-0.05, 0) is 50.6 Å². The molecule has 0 fully saturated rings. The van der Waals surface area contributed by atoms with E-state index in [1.165, 1.54) is 12.3 Å². The number of methoxy groups -OCH3 is 1. The van der Waals surface area contributed by atoms with Crippen molar-refractivity contribution in [3.63, 3.8) is 0 Å². The van der Waals surface area contributed by atoms with Crippen LogP contribution in [0.1, 0.15) is 26.3 Å². The van der Waals surface area contributed by atoms with Crippen molar-refractivity contribution in [2.75, 3.05) is 20.2 Å². The van der Waals surface area contributed by atoms with E-state index in [9.17, 15) is 4.39 Å². The Labute approximate surface area is 159 Å². The molecule has 0 atom stereocenters. The van der Waals surface area contributed by atoms with E-state index in [1.807, 2.05) is 20.8 Å². The Morgan fingerprint density at radius 1 is 1.26 bits per heavy atom. The first kappa shape index (κ1) is 20.6. The average Bonchev–Trinajstić information content (AvgIpc) is 2.67. The Morgan fingerprint density at radius 3 is 2.70 bits per heavy atom. The predicted octanol–water partition coefficient (Wildman–Crippen LogP) is 3.49. The van der Waals surface area contributed by atoms with Crippen molar-refractivity contribution >= 4 is 5.96 Å². The first-order valence-electron chi connectivity index (χ1n) is 8.87. The summed E-state index contributed by atoms with van der Waals surface area (Å²) in [5.74, 6) is 0.855. The maximum absolute atomic E-state index is 14.3. The Hall–Kier alpha value is -2.67. The number of aliphatic imine (C=N–C) groups is 1. The van der Waals surface area contributed by atoms with Crippen LogP contribution in [0.15, 0.2) is 47.7 Å². The molecule has 6 nitrogen and oxygen atoms in total. The van der Waals surface area contributed by atoms with E-state index in [0.717, 1.165) is 12.1 Å². The molecule has 0 saturated heterocycles. The fourth-order valence-electron chi connectivity index (χ4n) is 2.14. The van der Waals surface area contributed by atoms with E-state index < -0.39 is 5.82 Å². The molecule has 1 aromatic heterocycles. The fourth-order valence-corrected chi connectivity index (χ4v) is 2.14. The molecule has 0 unspecified atom stereocenters. The average molecular weight is 374 g/mol. The van der Waals surface area contributed by atoms with Gasteiger partial charge in [0.1, 0.15) is 5.75 Å². The summed E-state index contributed by atoms with van der Waals surface area (Å²) in [5, 5.41) is 6.40. The van der Waals surface area contributed by atoms with Gasteiger partial charge in [-0.1, -0.05) is 6.07 Å². The van der Waals surface area contributed by atoms with Crippen LogP contribution in [-0.2, 0) is 11.3 Å². The summed E-state index contributed by atoms with van der Waals surface area (Å²) in [6, 6.07) is 8.28. The van der Waals surface area contributed by atoms with Crippen molar-refractivity contribution in [3.05, 3.63) is 54.1 Å². The fraction of sp³-hybridized carbons (Fsp3) is 0.400. The van der Waals surface area contributed by atoms with Crippen molar-refractivity contribution in [3.8, 4) is 11.5 Å². The number of halogens is 1. The molecule has 1 aromatic carbocycles. The lowest BCUT2D eigenvalue weighted by Gasteiger charge is -2.24. The van der Waals surface area contributed by atoms with E-state index in [4.69, 9.17) is 9.47 Å². The van der Waals surface area contributed by atoms with Gasteiger partial charge in [-0.25, -0.2) is 9.38 Å². The molecule has 27 heavy (non-hydrogen) atoms. The molecule has 2 rings (SSSR count). The maximum Gasteiger partial charge on any atom is 0.191 e. The van der Waals surface area contributed by atoms with Gasteiger partial charge in [-0.15, -0.1) is 0 Å². The van der Waals surface area contributed by atoms with E-state index >= 15 is 0 Å². The van der Waals surface area contributed by atoms with Crippen molar-refractivity contribution in [2.45, 2.75) is 32.9 Å². The van der Waals surface area contributed by atoms with Gasteiger partial charge in [0.05, 0.1) is 18.3 Å². The van der Waals surface area contributed by atoms with Gasteiger partial charge in [0.2, 0.25) is 0 Å². The molecule has 0 aliphatic rings. The molecule has 0 bridgehead atoms. The maximum atomic E-state index is 14.3. The highest BCUT2D eigenvalue weighted by molar-refractivity contribution is 5.79. The van der Waals surface area contributed by atoms with Gasteiger partial charge in [-0.3, -0.25) is 4.98 Å². The Kier molecular flexibility index (Phi) is 7.55. The highest BCUT2D eigenvalue weighted by atomic mass is 19.1. The largest absolute Gasteiger partial charge is 0.453 e. The molecule has 2 aromatic rings. The second-order valence-corrected chi connectivity index (χ2v) is 6.57. The predicted molar refractivity (Wildman–Crippen MR) is 105 cm³/mol. The molecule has 146 valence electrons. The molecule has 0 amide bonds. The summed E-state index contributed by atoms with van der Waals surface area (Å²) >= 11 is 0. The number of aromatic nitrogens is 1. The first-order valence-corrected chi connectivity index (χ1v) is 8.87. The van der Waals surface area contributed by atoms with Crippen LogP contribution in [0.5, 0.6) is 11.5 Å². The smallest absolute Gasteiger partial charge is 0.191 e. The quantitative estimate of drug-likeness (QED) is 0.547. The zero-order valence-electron chi connectivity index (χ0n) is 16.3. The molecular formula is C20H27FN4O2. The monoisotopic (exact) mass is 374 g/mol. The van der Waals surface area contributed by atoms with E-state index in [1.54, 1.807) is 37.6 Å². The van der Waals surface area contributed by atoms with Crippen LogP contribution in [0.25, 0.3) is 0 Å². The first-order chi connectivity index (χ1) is 12.9. The normalized spacial score (nSPS) is 12.0. The summed E-state index contributed by atoms with van der Waals surface area (Å²) in [7, 11) is 1.67. The number of benzene rings is 1. The number of hydrogen-bond acceptors (Lipinski definition) is 4. The SMILES string of the molecule is CCNC(=NCc1ccc(Oc2cccnc2)c(F)c1)NCC(C)(C)OC. The van der Waals surface area contributed by atoms with Crippen molar-refractivity contribution in [2.24, 2.45) is 4.99 Å². The molecular weight excluding hydrogens is 347 g/mol. The highest BCUT2D eigenvalue weighted by Crippen LogP contribution is 2.24. The van der Waals surface area contributed by atoms with Gasteiger partial charge in [0.15, 0.2) is 17.5 Å². The topological polar surface area (TPSA) is 67.8 Å². The minimum Gasteiger partial charge on any atom is -0.453 e. The van der Waals surface area contributed by atoms with E-state index in [0.29, 0.717) is 24.8 Å². The van der Waals surface area contributed by atoms with Crippen LogP contribution >= 0.6 is 0 Å². The van der Waals surface area contributed by atoms with Gasteiger partial charge in [0.25, 0.3) is 0 Å². The van der Waals surface area contributed by atoms with Crippen molar-refractivity contribution in [1.29, 1.82) is 0 Å². The number of pyridine rings is 1. The lowest BCUT2D eigenvalue weighted by molar-refractivity contribution is 0.0268. The number of rotatable bonds is 8. The molecule has 1 heterocycles. The van der Waals surface area contributed by atoms with Crippen molar-refractivity contribution < 1.29 is 13.9 Å². The Bertz CT molecular complexity index is 751. The van der Waals surface area contributed by atoms with Crippen LogP contribution in [0, 0.1) is 5.82 Å². The second kappa shape index (κ2) is 9.87. The van der Waals surface area contributed by atoms with Crippen LogP contribution in [0.4, 0.5) is 4.39 Å². The molecule has 0 radical (unpaired) electrons. The number of guanidine groups is 1. The third-order valence-electron chi connectivity index (χ3n) is 3.86. The molecule has 0 spiro atoms. The van der Waals surface area contributed by atoms with Gasteiger partial charge in [0, 0.05) is 26.4 Å². The zero-order valence-corrected chi connectivity index (χ0v) is 16.3. The molecule has 0 aliphatic heterocycles. The number of ether oxygens (including phenoxy) is 2. The lowest BCUT2D eigenvalue weighted by Crippen LogP contribution is -2.45. The summed E-state index contributed by atoms with van der Waals surface area (Å²) in [6.45, 7) is 7.63. The minimum absolute atomic E-state index is 0.155. The van der Waals surface area contributed by atoms with Crippen molar-refractivity contribution in [1.82, 2.24) is 15.6 Å². The van der Waals surface area contributed by atoms with E-state index in [-0.39, 0.29) is 11.4 Å². The summed E-state index contributed by atoms with van der Waals surface area (Å²) in [4.78, 5) is 8.44. The zero-order chi connectivity index (χ0) is 19.7. The number of hydrogen-bond donors (Lipinski definition) is 2. The van der Waals surface area contributed by atoms with Crippen LogP contribution in [0.3, 0.4) is 0 Å². The van der Waals surface area contributed by atoms with Crippen LogP contribution < -0.4 is 15.4 Å². The van der Waals surface area contributed by atoms with E-state index in [2.05, 4.69) is 20.6 Å². The molecule has 7 heteroatoms. The van der Waals surface area contributed by atoms with Gasteiger partial charge < -0.3 is 20.1 Å². The molecule has 0 aliphatic carbocycles. The minimum atomic E-state index is -0.440. The summed E-state index contributed by atoms with van der Waals surface area (Å²) in [5.41, 5.74) is 0.433. The van der Waals surface area contributed by atoms with Gasteiger partial charge in [-0.2, -0.15) is 0 Å². The van der Waals surface area contributed by atoms with Gasteiger partial charge >= 0.3 is 0 Å². The van der Waals surface area contributed by atoms with Crippen LogP contribution in [-0.4, -0.2) is 36.7 Å². The number of nitrogens with one attached hydrogen (secondary N) is 2. The Morgan fingerprint density at radius 2 is 2.07 bits per heavy atom. The molecule has 2 N–H and O–H groups in total. The van der Waals surface area contributed by atoms with Crippen LogP contribution in [0.2, 0.25) is 0 Å². The third-order valence-corrected chi connectivity index (χ3v) is 3.86. The summed E-state index contributed by atoms with van der Waals surface area (Å²) in [6.07, 6.45) is 3.17. The highest BCUT2D eigenvalue weighted by Gasteiger charge is 2.16. The molecule has 0 saturated carbocycles. The third kappa shape index (κ3) is 6.86.